The van der Waals surface area contributed by atoms with Gasteiger partial charge in [-0.25, -0.2) is 9.78 Å². The third-order valence-corrected chi connectivity index (χ3v) is 4.08. The van der Waals surface area contributed by atoms with Crippen molar-refractivity contribution >= 4 is 34.7 Å². The highest BCUT2D eigenvalue weighted by Crippen LogP contribution is 2.23. The lowest BCUT2D eigenvalue weighted by atomic mass is 10.3. The molecule has 0 spiro atoms. The largest absolute Gasteiger partial charge is 0.464 e. The van der Waals surface area contributed by atoms with Crippen molar-refractivity contribution in [2.24, 2.45) is 0 Å². The molecule has 0 aromatic carbocycles. The zero-order valence-corrected chi connectivity index (χ0v) is 12.2. The molecule has 102 valence electrons. The van der Waals surface area contributed by atoms with E-state index in [2.05, 4.69) is 9.72 Å². The van der Waals surface area contributed by atoms with Gasteiger partial charge in [-0.1, -0.05) is 11.6 Å². The number of esters is 1. The quantitative estimate of drug-likeness (QED) is 0.881. The van der Waals surface area contributed by atoms with Crippen LogP contribution >= 0.6 is 22.9 Å². The predicted octanol–water partition coefficient (Wildman–Crippen LogP) is 2.52. The Morgan fingerprint density at radius 2 is 2.32 bits per heavy atom. The molecule has 0 amide bonds. The van der Waals surface area contributed by atoms with Gasteiger partial charge in [0.05, 0.1) is 11.4 Å². The molecule has 0 unspecified atom stereocenters. The Kier molecular flexibility index (Phi) is 4.11. The number of nitrogen functional groups attached to an aromatic ring is 1. The minimum Gasteiger partial charge on any atom is -0.464 e. The number of nitrogens with zero attached hydrogens (tertiary/aromatic N) is 2. The molecular formula is C12H14ClN3O2S. The van der Waals surface area contributed by atoms with E-state index in [1.165, 1.54) is 18.4 Å². The molecular weight excluding hydrogens is 286 g/mol. The molecule has 0 aliphatic heterocycles. The molecule has 0 aliphatic carbocycles. The van der Waals surface area contributed by atoms with Gasteiger partial charge in [0.1, 0.15) is 11.6 Å². The summed E-state index contributed by atoms with van der Waals surface area (Å²) in [5.74, 6) is 0.520. The van der Waals surface area contributed by atoms with Crippen molar-refractivity contribution in [2.45, 2.75) is 19.9 Å². The maximum absolute atomic E-state index is 11.5. The maximum Gasteiger partial charge on any atom is 0.360 e. The van der Waals surface area contributed by atoms with Gasteiger partial charge in [-0.3, -0.25) is 0 Å². The van der Waals surface area contributed by atoms with Crippen molar-refractivity contribution in [1.29, 1.82) is 0 Å². The number of hydrogen-bond acceptors (Lipinski definition) is 5. The fourth-order valence-corrected chi connectivity index (χ4v) is 2.90. The Hall–Kier alpha value is -1.53. The normalized spacial score (nSPS) is 10.7. The lowest BCUT2D eigenvalue weighted by Crippen LogP contribution is -2.09. The molecule has 5 nitrogen and oxygen atoms in total. The molecule has 0 radical (unpaired) electrons. The SMILES string of the molecule is COC(=O)c1nc(C)n(CCc2ccc(Cl)s2)c1N. The van der Waals surface area contributed by atoms with Crippen LogP contribution in [0.2, 0.25) is 4.34 Å². The molecule has 0 bridgehead atoms. The number of anilines is 1. The molecule has 7 heteroatoms. The molecule has 2 aromatic heterocycles. The third-order valence-electron chi connectivity index (χ3n) is 2.79. The number of carbonyl (C=O) groups excluding carboxylic acids is 1. The van der Waals surface area contributed by atoms with Gasteiger partial charge in [-0.15, -0.1) is 11.3 Å². The summed E-state index contributed by atoms with van der Waals surface area (Å²) < 4.78 is 7.21. The Morgan fingerprint density at radius 3 is 2.89 bits per heavy atom. The summed E-state index contributed by atoms with van der Waals surface area (Å²) in [6.45, 7) is 2.46. The van der Waals surface area contributed by atoms with E-state index in [4.69, 9.17) is 17.3 Å². The first-order valence-corrected chi connectivity index (χ1v) is 6.87. The number of hydrogen-bond donors (Lipinski definition) is 1. The van der Waals surface area contributed by atoms with Crippen LogP contribution in [-0.2, 0) is 17.7 Å². The number of aromatic nitrogens is 2. The van der Waals surface area contributed by atoms with E-state index in [0.29, 0.717) is 18.2 Å². The Balaban J connectivity index is 2.16. The number of rotatable bonds is 4. The summed E-state index contributed by atoms with van der Waals surface area (Å²) in [7, 11) is 1.31. The number of aryl methyl sites for hydroxylation is 2. The summed E-state index contributed by atoms with van der Waals surface area (Å²) in [5.41, 5.74) is 6.10. The summed E-state index contributed by atoms with van der Waals surface area (Å²) in [4.78, 5) is 16.8. The van der Waals surface area contributed by atoms with E-state index in [0.717, 1.165) is 15.6 Å². The Bertz CT molecular complexity index is 606. The van der Waals surface area contributed by atoms with Crippen LogP contribution in [0.3, 0.4) is 0 Å². The molecule has 2 N–H and O–H groups in total. The predicted molar refractivity (Wildman–Crippen MR) is 75.7 cm³/mol. The molecule has 0 saturated heterocycles. The number of imidazole rings is 1. The van der Waals surface area contributed by atoms with Gasteiger partial charge < -0.3 is 15.0 Å². The topological polar surface area (TPSA) is 70.1 Å². The number of halogens is 1. The molecule has 2 aromatic rings. The van der Waals surface area contributed by atoms with Crippen molar-refractivity contribution < 1.29 is 9.53 Å². The molecule has 0 aliphatic rings. The van der Waals surface area contributed by atoms with Gasteiger partial charge >= 0.3 is 5.97 Å². The number of nitrogens with two attached hydrogens (primary N) is 1. The van der Waals surface area contributed by atoms with Crippen LogP contribution in [-0.4, -0.2) is 22.6 Å². The molecule has 2 rings (SSSR count). The highest BCUT2D eigenvalue weighted by atomic mass is 35.5. The Morgan fingerprint density at radius 1 is 1.58 bits per heavy atom. The van der Waals surface area contributed by atoms with E-state index in [9.17, 15) is 4.79 Å². The van der Waals surface area contributed by atoms with Gasteiger partial charge in [-0.2, -0.15) is 0 Å². The first kappa shape index (κ1) is 13.9. The van der Waals surface area contributed by atoms with Crippen molar-refractivity contribution in [3.8, 4) is 0 Å². The first-order chi connectivity index (χ1) is 9.02. The number of ether oxygens (including phenoxy) is 1. The Labute approximate surface area is 120 Å². The highest BCUT2D eigenvalue weighted by Gasteiger charge is 2.18. The second-order valence-corrected chi connectivity index (χ2v) is 5.79. The van der Waals surface area contributed by atoms with Gasteiger partial charge in [0.25, 0.3) is 0 Å². The summed E-state index contributed by atoms with van der Waals surface area (Å²) >= 11 is 7.42. The molecule has 2 heterocycles. The average Bonchev–Trinajstić information content (AvgIpc) is 2.91. The van der Waals surface area contributed by atoms with E-state index in [1.54, 1.807) is 4.57 Å². The standard InChI is InChI=1S/C12H14ClN3O2S/c1-7-15-10(12(17)18-2)11(14)16(7)6-5-8-3-4-9(13)19-8/h3-4H,5-6,14H2,1-2H3. The van der Waals surface area contributed by atoms with Crippen molar-refractivity contribution in [3.05, 3.63) is 32.9 Å². The van der Waals surface area contributed by atoms with Crippen molar-refractivity contribution in [2.75, 3.05) is 12.8 Å². The monoisotopic (exact) mass is 299 g/mol. The second kappa shape index (κ2) is 5.63. The highest BCUT2D eigenvalue weighted by molar-refractivity contribution is 7.16. The van der Waals surface area contributed by atoms with Gasteiger partial charge in [0.15, 0.2) is 5.69 Å². The van der Waals surface area contributed by atoms with Crippen LogP contribution < -0.4 is 5.73 Å². The first-order valence-electron chi connectivity index (χ1n) is 5.68. The lowest BCUT2D eigenvalue weighted by Gasteiger charge is -2.06. The number of thiophene rings is 1. The zero-order valence-electron chi connectivity index (χ0n) is 10.6. The summed E-state index contributed by atoms with van der Waals surface area (Å²) in [6, 6.07) is 3.85. The average molecular weight is 300 g/mol. The van der Waals surface area contributed by atoms with E-state index in [-0.39, 0.29) is 5.69 Å². The number of methoxy groups -OCH3 is 1. The third kappa shape index (κ3) is 2.90. The minimum atomic E-state index is -0.515. The van der Waals surface area contributed by atoms with Crippen LogP contribution in [0.15, 0.2) is 12.1 Å². The summed E-state index contributed by atoms with van der Waals surface area (Å²) in [6.07, 6.45) is 0.791. The van der Waals surface area contributed by atoms with E-state index < -0.39 is 5.97 Å². The molecule has 0 saturated carbocycles. The maximum atomic E-state index is 11.5. The molecule has 19 heavy (non-hydrogen) atoms. The van der Waals surface area contributed by atoms with E-state index >= 15 is 0 Å². The van der Waals surface area contributed by atoms with Gasteiger partial charge in [-0.05, 0) is 25.5 Å². The fourth-order valence-electron chi connectivity index (χ4n) is 1.82. The molecule has 0 fully saturated rings. The van der Waals surface area contributed by atoms with E-state index in [1.807, 2.05) is 19.1 Å². The second-order valence-electron chi connectivity index (χ2n) is 3.99. The number of carbonyl (C=O) groups is 1. The smallest absolute Gasteiger partial charge is 0.360 e. The van der Waals surface area contributed by atoms with Crippen LogP contribution in [0.25, 0.3) is 0 Å². The van der Waals surface area contributed by atoms with Crippen LogP contribution in [0, 0.1) is 6.92 Å². The fraction of sp³-hybridized carbons (Fsp3) is 0.333. The van der Waals surface area contributed by atoms with Gasteiger partial charge in [0, 0.05) is 11.4 Å². The van der Waals surface area contributed by atoms with Gasteiger partial charge in [0.2, 0.25) is 0 Å². The minimum absolute atomic E-state index is 0.171. The van der Waals surface area contributed by atoms with Crippen LogP contribution in [0.5, 0.6) is 0 Å². The van der Waals surface area contributed by atoms with Crippen LogP contribution in [0.4, 0.5) is 5.82 Å². The van der Waals surface area contributed by atoms with Crippen LogP contribution in [0.1, 0.15) is 21.2 Å². The summed E-state index contributed by atoms with van der Waals surface area (Å²) in [5, 5.41) is 0. The van der Waals surface area contributed by atoms with Crippen molar-refractivity contribution in [3.63, 3.8) is 0 Å². The zero-order chi connectivity index (χ0) is 14.0. The molecule has 0 atom stereocenters. The lowest BCUT2D eigenvalue weighted by molar-refractivity contribution is 0.0595. The van der Waals surface area contributed by atoms with Crippen molar-refractivity contribution in [1.82, 2.24) is 9.55 Å².